The highest BCUT2D eigenvalue weighted by molar-refractivity contribution is 7.91. The Labute approximate surface area is 227 Å². The van der Waals surface area contributed by atoms with Crippen molar-refractivity contribution in [2.24, 2.45) is 5.92 Å². The molecule has 0 spiro atoms. The second-order valence-corrected chi connectivity index (χ2v) is 14.3. The lowest BCUT2D eigenvalue weighted by Crippen LogP contribution is -2.44. The molecule has 0 bridgehead atoms. The van der Waals surface area contributed by atoms with Gasteiger partial charge < -0.3 is 4.90 Å². The van der Waals surface area contributed by atoms with E-state index < -0.39 is 10.0 Å². The molecule has 1 aromatic heterocycles. The van der Waals surface area contributed by atoms with Crippen LogP contribution in [0.2, 0.25) is 0 Å². The van der Waals surface area contributed by atoms with Crippen molar-refractivity contribution < 1.29 is 8.42 Å². The van der Waals surface area contributed by atoms with Gasteiger partial charge in [0.2, 0.25) is 0 Å². The average molecular weight is 537 g/mol. The number of fused-ring (bicyclic) bond motifs is 1. The molecule has 198 valence electrons. The molecule has 2 heterocycles. The zero-order valence-electron chi connectivity index (χ0n) is 22.0. The van der Waals surface area contributed by atoms with Crippen LogP contribution in [0.15, 0.2) is 76.3 Å². The molecule has 2 aromatic carbocycles. The summed E-state index contributed by atoms with van der Waals surface area (Å²) in [4.78, 5) is 2.63. The Morgan fingerprint density at radius 1 is 1.00 bits per heavy atom. The Morgan fingerprint density at radius 3 is 2.51 bits per heavy atom. The van der Waals surface area contributed by atoms with E-state index in [1.807, 2.05) is 11.4 Å². The van der Waals surface area contributed by atoms with E-state index in [-0.39, 0.29) is 5.41 Å². The predicted octanol–water partition coefficient (Wildman–Crippen LogP) is 6.38. The molecule has 4 nitrogen and oxygen atoms in total. The largest absolute Gasteiger partial charge is 0.303 e. The van der Waals surface area contributed by atoms with Crippen LogP contribution in [0.5, 0.6) is 0 Å². The maximum absolute atomic E-state index is 13.3. The first kappa shape index (κ1) is 26.6. The molecule has 1 aliphatic carbocycles. The van der Waals surface area contributed by atoms with Crippen molar-refractivity contribution in [2.45, 2.75) is 61.0 Å². The molecular formula is C31H40N2O2S2. The fourth-order valence-electron chi connectivity index (χ4n) is 6.45. The van der Waals surface area contributed by atoms with E-state index in [2.05, 4.69) is 59.5 Å². The highest BCUT2D eigenvalue weighted by atomic mass is 32.2. The minimum atomic E-state index is -3.47. The van der Waals surface area contributed by atoms with E-state index in [1.165, 1.54) is 60.1 Å². The molecule has 1 unspecified atom stereocenters. The Bertz CT molecular complexity index is 1240. The van der Waals surface area contributed by atoms with Gasteiger partial charge in [-0.05, 0) is 98.6 Å². The van der Waals surface area contributed by atoms with Crippen LogP contribution in [0.25, 0.3) is 0 Å². The van der Waals surface area contributed by atoms with Crippen molar-refractivity contribution in [1.82, 2.24) is 9.21 Å². The SMILES string of the molecule is CN(CC1(CCN2CCC(CCCc3ccccc3)CC2)CCc2ccccc21)S(=O)(=O)c1cccs1. The highest BCUT2D eigenvalue weighted by Gasteiger charge is 2.41. The van der Waals surface area contributed by atoms with Crippen LogP contribution < -0.4 is 0 Å². The fraction of sp³-hybridized carbons (Fsp3) is 0.484. The number of likely N-dealkylation sites (N-methyl/N-ethyl adjacent to an activating group) is 1. The van der Waals surface area contributed by atoms with Gasteiger partial charge in [0.05, 0.1) is 0 Å². The minimum absolute atomic E-state index is 0.123. The first-order valence-electron chi connectivity index (χ1n) is 13.8. The first-order chi connectivity index (χ1) is 18.0. The third-order valence-electron chi connectivity index (χ3n) is 8.68. The summed E-state index contributed by atoms with van der Waals surface area (Å²) in [6, 6.07) is 23.1. The van der Waals surface area contributed by atoms with Gasteiger partial charge in [-0.15, -0.1) is 11.3 Å². The molecule has 1 fully saturated rings. The van der Waals surface area contributed by atoms with Crippen LogP contribution >= 0.6 is 11.3 Å². The van der Waals surface area contributed by atoms with Gasteiger partial charge in [0, 0.05) is 19.0 Å². The third-order valence-corrected chi connectivity index (χ3v) is 11.9. The third kappa shape index (κ3) is 6.19. The number of benzene rings is 2. The molecule has 3 aromatic rings. The molecule has 2 aliphatic rings. The molecule has 6 heteroatoms. The Kier molecular flexibility index (Phi) is 8.50. The normalized spacial score (nSPS) is 20.9. The van der Waals surface area contributed by atoms with E-state index >= 15 is 0 Å². The standard InChI is InChI=1S/C31H40N2O2S2/c1-32(37(34,35)30-15-8-24-36-30)25-31(19-16-28-13-5-6-14-29(28)31)20-23-33-21-17-27(18-22-33)12-7-11-26-9-3-2-4-10-26/h2-6,8-10,13-15,24,27H,7,11-12,16-23,25H2,1H3. The van der Waals surface area contributed by atoms with Crippen molar-refractivity contribution in [2.75, 3.05) is 33.2 Å². The van der Waals surface area contributed by atoms with Crippen LogP contribution in [-0.2, 0) is 28.3 Å². The molecule has 5 rings (SSSR count). The number of hydrogen-bond donors (Lipinski definition) is 0. The van der Waals surface area contributed by atoms with Crippen LogP contribution in [0, 0.1) is 5.92 Å². The topological polar surface area (TPSA) is 40.6 Å². The minimum Gasteiger partial charge on any atom is -0.303 e. The number of hydrogen-bond acceptors (Lipinski definition) is 4. The van der Waals surface area contributed by atoms with Crippen molar-refractivity contribution in [1.29, 1.82) is 0 Å². The summed E-state index contributed by atoms with van der Waals surface area (Å²) in [5.74, 6) is 0.836. The van der Waals surface area contributed by atoms with Gasteiger partial charge in [-0.25, -0.2) is 8.42 Å². The fourth-order valence-corrected chi connectivity index (χ4v) is 8.91. The summed E-state index contributed by atoms with van der Waals surface area (Å²) < 4.78 is 28.6. The number of piperidine rings is 1. The number of aryl methyl sites for hydroxylation is 2. The molecule has 37 heavy (non-hydrogen) atoms. The molecule has 0 N–H and O–H groups in total. The molecule has 0 radical (unpaired) electrons. The van der Waals surface area contributed by atoms with Gasteiger partial charge >= 0.3 is 0 Å². The van der Waals surface area contributed by atoms with E-state index in [0.717, 1.165) is 44.8 Å². The molecular weight excluding hydrogens is 496 g/mol. The van der Waals surface area contributed by atoms with Gasteiger partial charge in [-0.3, -0.25) is 0 Å². The van der Waals surface area contributed by atoms with Crippen LogP contribution in [0.3, 0.4) is 0 Å². The number of rotatable bonds is 11. The van der Waals surface area contributed by atoms with E-state index in [0.29, 0.717) is 10.8 Å². The van der Waals surface area contributed by atoms with Crippen LogP contribution in [0.1, 0.15) is 55.2 Å². The second kappa shape index (κ2) is 11.8. The van der Waals surface area contributed by atoms with Crippen molar-refractivity contribution >= 4 is 21.4 Å². The smallest absolute Gasteiger partial charge is 0.252 e. The first-order valence-corrected chi connectivity index (χ1v) is 16.1. The summed E-state index contributed by atoms with van der Waals surface area (Å²) >= 11 is 1.30. The zero-order chi connectivity index (χ0) is 25.7. The number of likely N-dealkylation sites (tertiary alicyclic amines) is 1. The van der Waals surface area contributed by atoms with Crippen molar-refractivity contribution in [3.8, 4) is 0 Å². The Hall–Kier alpha value is -1.99. The highest BCUT2D eigenvalue weighted by Crippen LogP contribution is 2.43. The molecule has 1 aliphatic heterocycles. The molecule has 0 amide bonds. The van der Waals surface area contributed by atoms with Gasteiger partial charge in [0.15, 0.2) is 0 Å². The monoisotopic (exact) mass is 536 g/mol. The van der Waals surface area contributed by atoms with Crippen LogP contribution in [-0.4, -0.2) is 50.8 Å². The summed E-state index contributed by atoms with van der Waals surface area (Å²) in [6.07, 6.45) is 9.41. The maximum atomic E-state index is 13.3. The van der Waals surface area contributed by atoms with E-state index in [4.69, 9.17) is 0 Å². The predicted molar refractivity (Wildman–Crippen MR) is 154 cm³/mol. The van der Waals surface area contributed by atoms with E-state index in [1.54, 1.807) is 17.4 Å². The summed E-state index contributed by atoms with van der Waals surface area (Å²) in [6.45, 7) is 3.91. The van der Waals surface area contributed by atoms with Gasteiger partial charge in [-0.2, -0.15) is 4.31 Å². The van der Waals surface area contributed by atoms with Crippen molar-refractivity contribution in [3.05, 3.63) is 88.8 Å². The zero-order valence-corrected chi connectivity index (χ0v) is 23.7. The second-order valence-electron chi connectivity index (χ2n) is 11.0. The van der Waals surface area contributed by atoms with Crippen LogP contribution in [0.4, 0.5) is 0 Å². The lowest BCUT2D eigenvalue weighted by atomic mass is 9.78. The summed E-state index contributed by atoms with van der Waals surface area (Å²) in [5.41, 5.74) is 4.08. The molecule has 0 saturated carbocycles. The number of sulfonamides is 1. The molecule has 1 atom stereocenters. The van der Waals surface area contributed by atoms with Gasteiger partial charge in [0.1, 0.15) is 4.21 Å². The van der Waals surface area contributed by atoms with Gasteiger partial charge in [-0.1, -0.05) is 67.1 Å². The quantitative estimate of drug-likeness (QED) is 0.286. The van der Waals surface area contributed by atoms with E-state index in [9.17, 15) is 8.42 Å². The van der Waals surface area contributed by atoms with Crippen molar-refractivity contribution in [3.63, 3.8) is 0 Å². The number of thiophene rings is 1. The lowest BCUT2D eigenvalue weighted by molar-refractivity contribution is 0.158. The maximum Gasteiger partial charge on any atom is 0.252 e. The van der Waals surface area contributed by atoms with Gasteiger partial charge in [0.25, 0.3) is 10.0 Å². The summed E-state index contributed by atoms with van der Waals surface area (Å²) in [5, 5.41) is 1.84. The average Bonchev–Trinajstić information content (AvgIpc) is 3.59. The molecule has 1 saturated heterocycles. The Balaban J connectivity index is 1.19. The number of nitrogens with zero attached hydrogens (tertiary/aromatic N) is 2. The Morgan fingerprint density at radius 2 is 1.76 bits per heavy atom. The summed E-state index contributed by atoms with van der Waals surface area (Å²) in [7, 11) is -1.70. The lowest BCUT2D eigenvalue weighted by Gasteiger charge is -2.38.